The molecule has 6 nitrogen and oxygen atoms in total. The third-order valence-corrected chi connectivity index (χ3v) is 5.53. The van der Waals surface area contributed by atoms with E-state index in [0.29, 0.717) is 22.4 Å². The van der Waals surface area contributed by atoms with Gasteiger partial charge in [0.1, 0.15) is 6.54 Å². The van der Waals surface area contributed by atoms with Gasteiger partial charge < -0.3 is 8.98 Å². The van der Waals surface area contributed by atoms with Crippen molar-refractivity contribution in [3.63, 3.8) is 0 Å². The number of rotatable bonds is 4. The van der Waals surface area contributed by atoms with Gasteiger partial charge in [-0.05, 0) is 36.2 Å². The monoisotopic (exact) mass is 391 g/mol. The molecule has 0 aliphatic carbocycles. The van der Waals surface area contributed by atoms with Crippen molar-refractivity contribution in [3.8, 4) is 12.3 Å². The highest BCUT2D eigenvalue weighted by Gasteiger charge is 2.13. The van der Waals surface area contributed by atoms with Crippen LogP contribution in [0.5, 0.6) is 0 Å². The van der Waals surface area contributed by atoms with Gasteiger partial charge in [-0.3, -0.25) is 9.36 Å². The Morgan fingerprint density at radius 2 is 2.04 bits per heavy atom. The van der Waals surface area contributed by atoms with E-state index < -0.39 is 11.7 Å². The predicted octanol–water partition coefficient (Wildman–Crippen LogP) is 2.93. The second-order valence-electron chi connectivity index (χ2n) is 6.26. The summed E-state index contributed by atoms with van der Waals surface area (Å²) in [5, 5.41) is 0. The van der Waals surface area contributed by atoms with E-state index in [1.54, 1.807) is 24.3 Å². The van der Waals surface area contributed by atoms with Crippen molar-refractivity contribution in [2.45, 2.75) is 26.4 Å². The van der Waals surface area contributed by atoms with E-state index in [0.717, 1.165) is 16.6 Å². The predicted molar refractivity (Wildman–Crippen MR) is 109 cm³/mol. The number of aromatic nitrogens is 2. The van der Waals surface area contributed by atoms with Crippen LogP contribution in [0.3, 0.4) is 0 Å². The molecule has 7 heteroatoms. The van der Waals surface area contributed by atoms with E-state index >= 15 is 0 Å². The number of oxazole rings is 1. The summed E-state index contributed by atoms with van der Waals surface area (Å²) >= 11 is 1.41. The van der Waals surface area contributed by atoms with Crippen molar-refractivity contribution in [1.29, 1.82) is 0 Å². The summed E-state index contributed by atoms with van der Waals surface area (Å²) < 4.78 is 9.32. The highest BCUT2D eigenvalue weighted by Crippen LogP contribution is 2.19. The molecule has 0 aliphatic rings. The molecule has 4 aromatic rings. The van der Waals surface area contributed by atoms with Crippen molar-refractivity contribution < 1.29 is 9.21 Å². The molecular formula is C21H17N3O3S. The Bertz CT molecular complexity index is 1360. The quantitative estimate of drug-likeness (QED) is 0.502. The summed E-state index contributed by atoms with van der Waals surface area (Å²) in [6, 6.07) is 13.1. The number of thiazole rings is 1. The number of hydrogen-bond acceptors (Lipinski definition) is 4. The first kappa shape index (κ1) is 18.0. The zero-order chi connectivity index (χ0) is 19.7. The average molecular weight is 391 g/mol. The fraction of sp³-hybridized carbons (Fsp3) is 0.190. The number of fused-ring (bicyclic) bond motifs is 2. The molecule has 2 aromatic carbocycles. The third kappa shape index (κ3) is 3.19. The summed E-state index contributed by atoms with van der Waals surface area (Å²) in [7, 11) is 0. The van der Waals surface area contributed by atoms with Gasteiger partial charge in [-0.15, -0.1) is 6.42 Å². The van der Waals surface area contributed by atoms with E-state index in [-0.39, 0.29) is 6.54 Å². The molecule has 0 radical (unpaired) electrons. The normalized spacial score (nSPS) is 11.9. The molecule has 2 aromatic heterocycles. The molecule has 28 heavy (non-hydrogen) atoms. The number of aryl methyl sites for hydroxylation is 1. The molecule has 1 amide bonds. The number of carbonyl (C=O) groups excluding carboxylic acids is 1. The summed E-state index contributed by atoms with van der Waals surface area (Å²) in [6.07, 6.45) is 6.43. The van der Waals surface area contributed by atoms with E-state index in [9.17, 15) is 9.59 Å². The van der Waals surface area contributed by atoms with Crippen molar-refractivity contribution in [3.05, 3.63) is 63.4 Å². The van der Waals surface area contributed by atoms with Crippen LogP contribution in [0.15, 0.2) is 56.7 Å². The molecule has 0 saturated carbocycles. The van der Waals surface area contributed by atoms with Crippen LogP contribution in [0, 0.1) is 12.3 Å². The van der Waals surface area contributed by atoms with E-state index in [2.05, 4.69) is 23.9 Å². The Hall–Kier alpha value is -3.37. The fourth-order valence-electron chi connectivity index (χ4n) is 3.11. The van der Waals surface area contributed by atoms with Gasteiger partial charge >= 0.3 is 5.76 Å². The minimum Gasteiger partial charge on any atom is -0.408 e. The maximum atomic E-state index is 12.6. The van der Waals surface area contributed by atoms with Gasteiger partial charge in [0.25, 0.3) is 5.91 Å². The van der Waals surface area contributed by atoms with Crippen LogP contribution in [0.1, 0.15) is 12.5 Å². The molecule has 2 heterocycles. The Kier molecular flexibility index (Phi) is 4.72. The summed E-state index contributed by atoms with van der Waals surface area (Å²) in [5.41, 5.74) is 3.15. The number of terminal acetylenes is 1. The molecule has 0 N–H and O–H groups in total. The van der Waals surface area contributed by atoms with Gasteiger partial charge in [-0.25, -0.2) is 4.79 Å². The number of amides is 1. The van der Waals surface area contributed by atoms with Crippen LogP contribution in [0.4, 0.5) is 0 Å². The molecule has 4 rings (SSSR count). The summed E-state index contributed by atoms with van der Waals surface area (Å²) in [5.74, 6) is 1.59. The number of hydrogen-bond donors (Lipinski definition) is 0. The summed E-state index contributed by atoms with van der Waals surface area (Å²) in [4.78, 5) is 29.4. The average Bonchev–Trinajstić information content (AvgIpc) is 3.19. The lowest BCUT2D eigenvalue weighted by molar-refractivity contribution is -0.118. The summed E-state index contributed by atoms with van der Waals surface area (Å²) in [6.45, 7) is 2.21. The molecular weight excluding hydrogens is 374 g/mol. The fourth-order valence-corrected chi connectivity index (χ4v) is 4.22. The maximum Gasteiger partial charge on any atom is 0.420 e. The van der Waals surface area contributed by atoms with Crippen LogP contribution in [0.25, 0.3) is 21.3 Å². The van der Waals surface area contributed by atoms with E-state index in [1.807, 2.05) is 16.7 Å². The first-order chi connectivity index (χ1) is 13.6. The van der Waals surface area contributed by atoms with Crippen LogP contribution < -0.4 is 10.6 Å². The van der Waals surface area contributed by atoms with Crippen LogP contribution in [-0.4, -0.2) is 15.0 Å². The first-order valence-electron chi connectivity index (χ1n) is 8.82. The molecule has 0 saturated heterocycles. The minimum atomic E-state index is -0.579. The molecule has 0 fully saturated rings. The smallest absolute Gasteiger partial charge is 0.408 e. The van der Waals surface area contributed by atoms with Gasteiger partial charge in [0.05, 0.1) is 22.3 Å². The Morgan fingerprint density at radius 3 is 2.82 bits per heavy atom. The second-order valence-corrected chi connectivity index (χ2v) is 7.27. The van der Waals surface area contributed by atoms with Crippen LogP contribution in [-0.2, 0) is 24.3 Å². The van der Waals surface area contributed by atoms with Gasteiger partial charge in [0, 0.05) is 0 Å². The lowest BCUT2D eigenvalue weighted by Crippen LogP contribution is -2.22. The lowest BCUT2D eigenvalue weighted by Gasteiger charge is -2.01. The molecule has 140 valence electrons. The number of nitrogens with zero attached hydrogens (tertiary/aromatic N) is 3. The van der Waals surface area contributed by atoms with Crippen molar-refractivity contribution in [1.82, 2.24) is 9.13 Å². The van der Waals surface area contributed by atoms with Crippen LogP contribution in [0.2, 0.25) is 0 Å². The van der Waals surface area contributed by atoms with Crippen LogP contribution >= 0.6 is 11.3 Å². The lowest BCUT2D eigenvalue weighted by atomic mass is 10.2. The molecule has 0 spiro atoms. The number of benzene rings is 2. The van der Waals surface area contributed by atoms with Gasteiger partial charge in [-0.2, -0.15) is 4.99 Å². The minimum absolute atomic E-state index is 0.194. The van der Waals surface area contributed by atoms with Gasteiger partial charge in [0.15, 0.2) is 10.4 Å². The highest BCUT2D eigenvalue weighted by molar-refractivity contribution is 7.16. The second kappa shape index (κ2) is 7.33. The maximum absolute atomic E-state index is 12.6. The van der Waals surface area contributed by atoms with Gasteiger partial charge in [0.2, 0.25) is 0 Å². The standard InChI is InChI=1S/C21H17N3O3S/c1-3-11-23-16-10-9-14(4-2)12-18(16)28-20(23)22-19(25)13-24-15-7-5-6-8-17(15)27-21(24)26/h1,5-10,12H,4,11,13H2,2H3. The Labute approximate surface area is 164 Å². The Morgan fingerprint density at radius 1 is 1.21 bits per heavy atom. The van der Waals surface area contributed by atoms with Crippen molar-refractivity contribution >= 4 is 38.6 Å². The molecule has 0 aliphatic heterocycles. The number of carbonyl (C=O) groups is 1. The highest BCUT2D eigenvalue weighted by atomic mass is 32.1. The zero-order valence-electron chi connectivity index (χ0n) is 15.2. The third-order valence-electron chi connectivity index (χ3n) is 4.49. The molecule has 0 unspecified atom stereocenters. The topological polar surface area (TPSA) is 69.5 Å². The molecule has 0 bridgehead atoms. The zero-order valence-corrected chi connectivity index (χ0v) is 16.0. The van der Waals surface area contributed by atoms with Gasteiger partial charge in [-0.1, -0.05) is 42.4 Å². The number of para-hydroxylation sites is 2. The molecule has 0 atom stereocenters. The van der Waals surface area contributed by atoms with E-state index in [4.69, 9.17) is 10.8 Å². The van der Waals surface area contributed by atoms with Crippen molar-refractivity contribution in [2.75, 3.05) is 0 Å². The largest absolute Gasteiger partial charge is 0.420 e. The van der Waals surface area contributed by atoms with Crippen molar-refractivity contribution in [2.24, 2.45) is 4.99 Å². The first-order valence-corrected chi connectivity index (χ1v) is 9.64. The Balaban J connectivity index is 1.77. The van der Waals surface area contributed by atoms with E-state index in [1.165, 1.54) is 21.5 Å². The SMILES string of the molecule is C#CCn1c(=NC(=O)Cn2c(=O)oc3ccccc32)sc2cc(CC)ccc21.